The maximum Gasteiger partial charge on any atom is 0.249 e. The maximum atomic E-state index is 13.1. The van der Waals surface area contributed by atoms with Crippen molar-refractivity contribution in [2.75, 3.05) is 38.8 Å². The summed E-state index contributed by atoms with van der Waals surface area (Å²) in [6.45, 7) is 1.68. The summed E-state index contributed by atoms with van der Waals surface area (Å²) in [7, 11) is 3.47. The van der Waals surface area contributed by atoms with Crippen molar-refractivity contribution in [2.24, 2.45) is 0 Å². The lowest BCUT2D eigenvalue weighted by Gasteiger charge is -2.43. The predicted molar refractivity (Wildman–Crippen MR) is 117 cm³/mol. The summed E-state index contributed by atoms with van der Waals surface area (Å²) >= 11 is 0. The fourth-order valence-corrected chi connectivity index (χ4v) is 4.47. The van der Waals surface area contributed by atoms with Gasteiger partial charge in [0.25, 0.3) is 0 Å². The minimum Gasteiger partial charge on any atom is -0.496 e. The standard InChI is InChI=1S/C24H27N3O3/c1-25-18-27(20-9-4-3-5-10-20)24(23(25)29)14-16-26(17-15-24)22(28)13-12-19-8-6-7-11-21(19)30-2/h3-13H,14-18H2,1-2H3/b13-12+. The number of benzene rings is 2. The Balaban J connectivity index is 1.47. The Morgan fingerprint density at radius 2 is 1.70 bits per heavy atom. The van der Waals surface area contributed by atoms with E-state index in [0.717, 1.165) is 17.0 Å². The number of hydrogen-bond donors (Lipinski definition) is 0. The number of likely N-dealkylation sites (tertiary alicyclic amines) is 1. The van der Waals surface area contributed by atoms with E-state index in [1.165, 1.54) is 0 Å². The van der Waals surface area contributed by atoms with Gasteiger partial charge in [0.15, 0.2) is 0 Å². The van der Waals surface area contributed by atoms with Crippen LogP contribution < -0.4 is 9.64 Å². The first-order chi connectivity index (χ1) is 14.5. The molecule has 0 saturated carbocycles. The molecule has 0 aromatic heterocycles. The minimum absolute atomic E-state index is 0.0409. The molecule has 2 aliphatic rings. The number of methoxy groups -OCH3 is 1. The molecule has 1 spiro atoms. The van der Waals surface area contributed by atoms with Gasteiger partial charge in [-0.1, -0.05) is 36.4 Å². The summed E-state index contributed by atoms with van der Waals surface area (Å²) in [5.41, 5.74) is 1.34. The molecule has 2 fully saturated rings. The molecule has 6 heteroatoms. The van der Waals surface area contributed by atoms with Crippen LogP contribution in [-0.4, -0.2) is 61.1 Å². The Labute approximate surface area is 177 Å². The lowest BCUT2D eigenvalue weighted by atomic mass is 9.85. The molecular weight excluding hydrogens is 378 g/mol. The summed E-state index contributed by atoms with van der Waals surface area (Å²) in [5, 5.41) is 0. The molecule has 0 unspecified atom stereocenters. The Hall–Kier alpha value is -3.28. The second-order valence-corrected chi connectivity index (χ2v) is 7.84. The molecule has 2 aliphatic heterocycles. The number of hydrogen-bond acceptors (Lipinski definition) is 4. The molecule has 2 amide bonds. The number of piperidine rings is 1. The van der Waals surface area contributed by atoms with E-state index in [-0.39, 0.29) is 11.8 Å². The molecule has 6 nitrogen and oxygen atoms in total. The number of likely N-dealkylation sites (N-methyl/N-ethyl adjacent to an activating group) is 1. The second-order valence-electron chi connectivity index (χ2n) is 7.84. The number of amides is 2. The van der Waals surface area contributed by atoms with Gasteiger partial charge >= 0.3 is 0 Å². The van der Waals surface area contributed by atoms with Crippen LogP contribution in [0.25, 0.3) is 6.08 Å². The van der Waals surface area contributed by atoms with E-state index in [1.807, 2.05) is 66.5 Å². The van der Waals surface area contributed by atoms with E-state index in [9.17, 15) is 9.59 Å². The Kier molecular flexibility index (Phi) is 5.48. The van der Waals surface area contributed by atoms with E-state index < -0.39 is 5.54 Å². The molecule has 30 heavy (non-hydrogen) atoms. The lowest BCUT2D eigenvalue weighted by molar-refractivity contribution is -0.135. The van der Waals surface area contributed by atoms with Crippen LogP contribution in [0, 0.1) is 0 Å². The summed E-state index contributed by atoms with van der Waals surface area (Å²) in [4.78, 5) is 31.6. The van der Waals surface area contributed by atoms with Gasteiger partial charge in [0.05, 0.1) is 13.8 Å². The molecule has 0 radical (unpaired) electrons. The topological polar surface area (TPSA) is 53.1 Å². The van der Waals surface area contributed by atoms with Gasteiger partial charge in [-0.15, -0.1) is 0 Å². The van der Waals surface area contributed by atoms with Gasteiger partial charge in [0.1, 0.15) is 11.3 Å². The summed E-state index contributed by atoms with van der Waals surface area (Å²) in [6, 6.07) is 17.7. The third-order valence-corrected chi connectivity index (χ3v) is 6.13. The van der Waals surface area contributed by atoms with Gasteiger partial charge in [-0.2, -0.15) is 0 Å². The highest BCUT2D eigenvalue weighted by Gasteiger charge is 2.52. The maximum absolute atomic E-state index is 13.1. The van der Waals surface area contributed by atoms with Crippen molar-refractivity contribution in [1.82, 2.24) is 9.80 Å². The first-order valence-electron chi connectivity index (χ1n) is 10.2. The highest BCUT2D eigenvalue weighted by Crippen LogP contribution is 2.39. The molecule has 2 saturated heterocycles. The molecular formula is C24H27N3O3. The fourth-order valence-electron chi connectivity index (χ4n) is 4.47. The largest absolute Gasteiger partial charge is 0.496 e. The monoisotopic (exact) mass is 405 g/mol. The van der Waals surface area contributed by atoms with Gasteiger partial charge < -0.3 is 19.4 Å². The van der Waals surface area contributed by atoms with Gasteiger partial charge in [-0.3, -0.25) is 9.59 Å². The number of para-hydroxylation sites is 2. The Bertz CT molecular complexity index is 949. The van der Waals surface area contributed by atoms with E-state index in [1.54, 1.807) is 24.2 Å². The van der Waals surface area contributed by atoms with Gasteiger partial charge in [0, 0.05) is 37.5 Å². The molecule has 156 valence electrons. The first-order valence-corrected chi connectivity index (χ1v) is 10.2. The van der Waals surface area contributed by atoms with Crippen LogP contribution in [0.4, 0.5) is 5.69 Å². The van der Waals surface area contributed by atoms with E-state index in [4.69, 9.17) is 4.74 Å². The molecule has 4 rings (SSSR count). The van der Waals surface area contributed by atoms with Crippen molar-refractivity contribution < 1.29 is 14.3 Å². The van der Waals surface area contributed by atoms with Crippen molar-refractivity contribution in [2.45, 2.75) is 18.4 Å². The fraction of sp³-hybridized carbons (Fsp3) is 0.333. The van der Waals surface area contributed by atoms with Crippen LogP contribution in [0.3, 0.4) is 0 Å². The molecule has 0 N–H and O–H groups in total. The predicted octanol–water partition coefficient (Wildman–Crippen LogP) is 3.01. The number of ether oxygens (including phenoxy) is 1. The van der Waals surface area contributed by atoms with Crippen molar-refractivity contribution >= 4 is 23.6 Å². The zero-order valence-corrected chi connectivity index (χ0v) is 17.5. The summed E-state index contributed by atoms with van der Waals surface area (Å²) < 4.78 is 5.34. The molecule has 0 aliphatic carbocycles. The van der Waals surface area contributed by atoms with Gasteiger partial charge in [-0.25, -0.2) is 0 Å². The Morgan fingerprint density at radius 1 is 1.03 bits per heavy atom. The summed E-state index contributed by atoms with van der Waals surface area (Å²) in [6.07, 6.45) is 4.63. The van der Waals surface area contributed by atoms with Crippen LogP contribution in [0.2, 0.25) is 0 Å². The molecule has 2 heterocycles. The molecule has 0 atom stereocenters. The average molecular weight is 405 g/mol. The summed E-state index contributed by atoms with van der Waals surface area (Å²) in [5.74, 6) is 0.834. The zero-order chi connectivity index (χ0) is 21.1. The number of carbonyl (C=O) groups is 2. The van der Waals surface area contributed by atoms with E-state index in [2.05, 4.69) is 4.90 Å². The van der Waals surface area contributed by atoms with Crippen molar-refractivity contribution in [3.63, 3.8) is 0 Å². The van der Waals surface area contributed by atoms with Gasteiger partial charge in [0.2, 0.25) is 11.8 Å². The van der Waals surface area contributed by atoms with Crippen LogP contribution in [0.1, 0.15) is 18.4 Å². The average Bonchev–Trinajstić information content (AvgIpc) is 3.03. The number of carbonyl (C=O) groups excluding carboxylic acids is 2. The molecule has 2 aromatic carbocycles. The second kappa shape index (κ2) is 8.22. The third-order valence-electron chi connectivity index (χ3n) is 6.13. The Morgan fingerprint density at radius 3 is 2.40 bits per heavy atom. The van der Waals surface area contributed by atoms with Crippen LogP contribution in [0.15, 0.2) is 60.7 Å². The van der Waals surface area contributed by atoms with Crippen LogP contribution in [0.5, 0.6) is 5.75 Å². The zero-order valence-electron chi connectivity index (χ0n) is 17.5. The quantitative estimate of drug-likeness (QED) is 0.734. The van der Waals surface area contributed by atoms with Crippen molar-refractivity contribution in [1.29, 1.82) is 0 Å². The van der Waals surface area contributed by atoms with E-state index >= 15 is 0 Å². The van der Waals surface area contributed by atoms with Crippen LogP contribution in [-0.2, 0) is 9.59 Å². The van der Waals surface area contributed by atoms with E-state index in [0.29, 0.717) is 32.6 Å². The molecule has 2 aromatic rings. The highest BCUT2D eigenvalue weighted by molar-refractivity contribution is 5.95. The molecule has 0 bridgehead atoms. The third kappa shape index (κ3) is 3.54. The number of rotatable bonds is 4. The smallest absolute Gasteiger partial charge is 0.249 e. The van der Waals surface area contributed by atoms with Crippen molar-refractivity contribution in [3.05, 3.63) is 66.2 Å². The SMILES string of the molecule is COc1ccccc1/C=C/C(=O)N1CCC2(CC1)C(=O)N(C)CN2c1ccccc1. The minimum atomic E-state index is -0.570. The van der Waals surface area contributed by atoms with Crippen LogP contribution >= 0.6 is 0 Å². The number of anilines is 1. The van der Waals surface area contributed by atoms with Crippen molar-refractivity contribution in [3.8, 4) is 5.75 Å². The first kappa shape index (κ1) is 20.0. The normalized spacial score (nSPS) is 18.5. The lowest BCUT2D eigenvalue weighted by Crippen LogP contribution is -2.57. The highest BCUT2D eigenvalue weighted by atomic mass is 16.5. The van der Waals surface area contributed by atoms with Gasteiger partial charge in [-0.05, 0) is 37.1 Å². The number of nitrogens with zero attached hydrogens (tertiary/aromatic N) is 3.